The van der Waals surface area contributed by atoms with Crippen molar-refractivity contribution in [2.24, 2.45) is 5.92 Å². The Morgan fingerprint density at radius 2 is 1.77 bits per heavy atom. The highest BCUT2D eigenvalue weighted by molar-refractivity contribution is 7.13. The number of aliphatic hydroxyl groups is 1. The fraction of sp³-hybridized carbons (Fsp3) is 0.466. The van der Waals surface area contributed by atoms with Crippen LogP contribution < -0.4 is 25.2 Å². The van der Waals surface area contributed by atoms with E-state index in [1.165, 1.54) is 4.90 Å². The Labute approximate surface area is 451 Å². The minimum absolute atomic E-state index is 0.0306. The van der Waals surface area contributed by atoms with Gasteiger partial charge in [-0.25, -0.2) is 9.37 Å². The first-order valence-corrected chi connectivity index (χ1v) is 28.0. The van der Waals surface area contributed by atoms with Crippen molar-refractivity contribution in [2.75, 3.05) is 62.7 Å². The number of phenols is 1. The van der Waals surface area contributed by atoms with Crippen LogP contribution in [0.2, 0.25) is 0 Å². The lowest BCUT2D eigenvalue weighted by Gasteiger charge is -2.36. The maximum absolute atomic E-state index is 17.1. The zero-order valence-corrected chi connectivity index (χ0v) is 45.4. The average molecular weight is 1070 g/mol. The molecule has 404 valence electrons. The Morgan fingerprint density at radius 3 is 2.48 bits per heavy atom. The van der Waals surface area contributed by atoms with E-state index < -0.39 is 23.9 Å². The third kappa shape index (κ3) is 10.5. The minimum atomic E-state index is -0.841. The SMILES string of the molecule is CCc1cccc2cc(O)cc(-c3ncc4c(N5CC6CCC(C5)N6)nc(OCCN5CCC(N(C)c6cc([C@@H](C(=O)N7C[C@H](O)C[C@H]7C(=O)N[C@@H](C)c7ccc(-c8scnc8C)cc7)C(C)C)on6)CC5)nc4c3F)c12. The molecular formula is C58H68FN11O6S. The number of thiazole rings is 1. The van der Waals surface area contributed by atoms with E-state index >= 15 is 4.39 Å². The molecule has 17 nitrogen and oxygen atoms in total. The van der Waals surface area contributed by atoms with Crippen LogP contribution >= 0.6 is 11.3 Å². The van der Waals surface area contributed by atoms with Crippen molar-refractivity contribution >= 4 is 56.5 Å². The quantitative estimate of drug-likeness (QED) is 0.0722. The summed E-state index contributed by atoms with van der Waals surface area (Å²) < 4.78 is 29.4. The van der Waals surface area contributed by atoms with Gasteiger partial charge >= 0.3 is 6.01 Å². The summed E-state index contributed by atoms with van der Waals surface area (Å²) in [6.07, 6.45) is 5.52. The number of aromatic nitrogens is 5. The van der Waals surface area contributed by atoms with Crippen LogP contribution in [-0.4, -0.2) is 140 Å². The van der Waals surface area contributed by atoms with Crippen LogP contribution in [0.1, 0.15) is 94.3 Å². The van der Waals surface area contributed by atoms with Gasteiger partial charge in [0.25, 0.3) is 0 Å². The second-order valence-corrected chi connectivity index (χ2v) is 22.6. The summed E-state index contributed by atoms with van der Waals surface area (Å²) in [5.41, 5.74) is 6.58. The normalized spacial score (nSPS) is 20.8. The van der Waals surface area contributed by atoms with Crippen molar-refractivity contribution in [2.45, 2.75) is 115 Å². The molecular weight excluding hydrogens is 998 g/mol. The minimum Gasteiger partial charge on any atom is -0.508 e. The van der Waals surface area contributed by atoms with Crippen LogP contribution in [0.4, 0.5) is 16.0 Å². The van der Waals surface area contributed by atoms with E-state index in [1.54, 1.807) is 29.7 Å². The predicted octanol–water partition coefficient (Wildman–Crippen LogP) is 8.17. The van der Waals surface area contributed by atoms with Crippen LogP contribution in [0.5, 0.6) is 11.8 Å². The number of carbonyl (C=O) groups is 2. The number of likely N-dealkylation sites (tertiary alicyclic amines) is 2. The number of hydrogen-bond donors (Lipinski definition) is 4. The number of β-amino-alcohol motifs (C(OH)–C–C–N with tert-alkyl or cyclic N) is 1. The molecule has 2 bridgehead atoms. The summed E-state index contributed by atoms with van der Waals surface area (Å²) in [7, 11) is 1.99. The number of hydrogen-bond acceptors (Lipinski definition) is 16. The van der Waals surface area contributed by atoms with E-state index in [-0.39, 0.29) is 65.8 Å². The van der Waals surface area contributed by atoms with Crippen molar-refractivity contribution in [3.63, 3.8) is 0 Å². The highest BCUT2D eigenvalue weighted by Gasteiger charge is 2.44. The molecule has 2 unspecified atom stereocenters. The maximum Gasteiger partial charge on any atom is 0.319 e. The third-order valence-electron chi connectivity index (χ3n) is 16.3. The summed E-state index contributed by atoms with van der Waals surface area (Å²) in [4.78, 5) is 56.3. The lowest BCUT2D eigenvalue weighted by Crippen LogP contribution is -2.51. The number of aryl methyl sites for hydroxylation is 2. The van der Waals surface area contributed by atoms with E-state index in [9.17, 15) is 19.8 Å². The van der Waals surface area contributed by atoms with Crippen molar-refractivity contribution in [1.82, 2.24) is 45.5 Å². The number of aliphatic hydroxyl groups excluding tert-OH is 1. The fourth-order valence-corrected chi connectivity index (χ4v) is 13.0. The number of nitrogens with one attached hydrogen (secondary N) is 2. The van der Waals surface area contributed by atoms with E-state index in [0.29, 0.717) is 53.6 Å². The van der Waals surface area contributed by atoms with Crippen molar-refractivity contribution in [3.8, 4) is 33.5 Å². The Balaban J connectivity index is 0.731. The number of aromatic hydroxyl groups is 1. The molecule has 4 fully saturated rings. The zero-order valence-electron chi connectivity index (χ0n) is 44.6. The monoisotopic (exact) mass is 1070 g/mol. The Morgan fingerprint density at radius 1 is 1.00 bits per heavy atom. The highest BCUT2D eigenvalue weighted by atomic mass is 32.1. The van der Waals surface area contributed by atoms with Gasteiger partial charge in [0.1, 0.15) is 41.3 Å². The summed E-state index contributed by atoms with van der Waals surface area (Å²) in [5.74, 6) is -0.411. The van der Waals surface area contributed by atoms with Gasteiger partial charge in [0.05, 0.1) is 33.6 Å². The van der Waals surface area contributed by atoms with E-state index in [2.05, 4.69) is 42.4 Å². The second kappa shape index (κ2) is 21.9. The number of rotatable bonds is 16. The molecule has 4 aliphatic rings. The topological polar surface area (TPSA) is 198 Å². The largest absolute Gasteiger partial charge is 0.508 e. The molecule has 0 radical (unpaired) electrons. The number of phenolic OH excluding ortho intramolecular Hbond substituents is 1. The van der Waals surface area contributed by atoms with Gasteiger partial charge in [-0.15, -0.1) is 11.3 Å². The molecule has 2 amide bonds. The Hall–Kier alpha value is -6.80. The van der Waals surface area contributed by atoms with Crippen molar-refractivity contribution in [3.05, 3.63) is 101 Å². The number of ether oxygens (including phenoxy) is 1. The molecule has 77 heavy (non-hydrogen) atoms. The number of nitrogens with zero attached hydrogens (tertiary/aromatic N) is 9. The van der Waals surface area contributed by atoms with Crippen LogP contribution in [0, 0.1) is 18.7 Å². The lowest BCUT2D eigenvalue weighted by molar-refractivity contribution is -0.141. The van der Waals surface area contributed by atoms with Gasteiger partial charge in [-0.2, -0.15) is 9.97 Å². The van der Waals surface area contributed by atoms with Gasteiger partial charge in [-0.05, 0) is 91.5 Å². The number of halogens is 1. The number of piperidine rings is 1. The summed E-state index contributed by atoms with van der Waals surface area (Å²) in [6.45, 7) is 13.9. The average Bonchev–Trinajstić information content (AvgIpc) is 4.26. The first-order chi connectivity index (χ1) is 37.2. The zero-order chi connectivity index (χ0) is 53.6. The first kappa shape index (κ1) is 52.3. The maximum atomic E-state index is 17.1. The van der Waals surface area contributed by atoms with Gasteiger partial charge in [0.15, 0.2) is 17.4 Å². The van der Waals surface area contributed by atoms with E-state index in [1.807, 2.05) is 88.8 Å². The predicted molar refractivity (Wildman–Crippen MR) is 296 cm³/mol. The number of amides is 2. The van der Waals surface area contributed by atoms with E-state index in [0.717, 1.165) is 96.3 Å². The van der Waals surface area contributed by atoms with Gasteiger partial charge < -0.3 is 44.8 Å². The molecule has 8 heterocycles. The molecule has 4 aromatic heterocycles. The summed E-state index contributed by atoms with van der Waals surface area (Å²) >= 11 is 1.59. The molecule has 0 spiro atoms. The molecule has 4 aliphatic heterocycles. The third-order valence-corrected chi connectivity index (χ3v) is 17.3. The number of piperazine rings is 1. The molecule has 7 aromatic rings. The first-order valence-electron chi connectivity index (χ1n) is 27.2. The van der Waals surface area contributed by atoms with E-state index in [4.69, 9.17) is 24.2 Å². The van der Waals surface area contributed by atoms with Crippen molar-refractivity contribution in [1.29, 1.82) is 0 Å². The summed E-state index contributed by atoms with van der Waals surface area (Å²) in [6, 6.07) is 18.8. The second-order valence-electron chi connectivity index (χ2n) is 21.8. The molecule has 0 saturated carbocycles. The fourth-order valence-electron chi connectivity index (χ4n) is 12.1. The number of fused-ring (bicyclic) bond motifs is 4. The molecule has 6 atom stereocenters. The van der Waals surface area contributed by atoms with Gasteiger partial charge in [-0.1, -0.05) is 68.4 Å². The van der Waals surface area contributed by atoms with Crippen LogP contribution in [0.3, 0.4) is 0 Å². The van der Waals surface area contributed by atoms with Crippen LogP contribution in [0.25, 0.3) is 43.4 Å². The molecule has 0 aliphatic carbocycles. The number of anilines is 2. The lowest BCUT2D eigenvalue weighted by atomic mass is 9.91. The van der Waals surface area contributed by atoms with Gasteiger partial charge in [0.2, 0.25) is 11.8 Å². The molecule has 3 aromatic carbocycles. The van der Waals surface area contributed by atoms with Gasteiger partial charge in [-0.3, -0.25) is 19.5 Å². The van der Waals surface area contributed by atoms with Gasteiger partial charge in [0, 0.05) is 88.7 Å². The molecule has 11 rings (SSSR count). The summed E-state index contributed by atoms with van der Waals surface area (Å²) in [5, 5.41) is 35.0. The van der Waals surface area contributed by atoms with Crippen LogP contribution in [0.15, 0.2) is 76.9 Å². The van der Waals surface area contributed by atoms with Crippen LogP contribution in [-0.2, 0) is 16.0 Å². The Kier molecular flexibility index (Phi) is 14.9. The highest BCUT2D eigenvalue weighted by Crippen LogP contribution is 2.40. The number of carbonyl (C=O) groups excluding carboxylic acids is 2. The molecule has 19 heteroatoms. The Bertz CT molecular complexity index is 3280. The standard InChI is InChI=1S/C58H68FN11O6S/c1-7-35-9-8-10-38-23-42(71)24-44(50(35)38)52-51(59)53-45(27-60-52)55(69-28-39-15-16-40(29-69)63-39)65-58(64-53)75-22-21-68-19-17-41(18-20-68)67(6)48-26-47(76-66-48)49(32(2)3)57(74)70-30-43(72)25-46(70)56(73)62-33(4)36-11-13-37(14-12-36)54-34(5)61-31-77-54/h8-14,23-24,26-27,31-33,39-41,43,46,49,63,71-72H,7,15-22,25,28-30H2,1-6H3,(H,62,73)/t33-,39?,40?,43+,46-,49-/m0/s1. The molecule has 4 N–H and O–H groups in total. The number of pyridine rings is 1. The van der Waals surface area contributed by atoms with Crippen molar-refractivity contribution < 1.29 is 33.5 Å². The number of benzene rings is 3. The smallest absolute Gasteiger partial charge is 0.319 e. The molecule has 4 saturated heterocycles.